The van der Waals surface area contributed by atoms with Crippen LogP contribution in [-0.2, 0) is 0 Å². The molecule has 104 valence electrons. The van der Waals surface area contributed by atoms with Crippen molar-refractivity contribution in [3.63, 3.8) is 0 Å². The highest BCUT2D eigenvalue weighted by Crippen LogP contribution is 2.13. The van der Waals surface area contributed by atoms with Gasteiger partial charge in [0.1, 0.15) is 0 Å². The molecule has 1 fully saturated rings. The van der Waals surface area contributed by atoms with Crippen LogP contribution in [0.2, 0.25) is 0 Å². The smallest absolute Gasteiger partial charge is 0.198 e. The van der Waals surface area contributed by atoms with Crippen LogP contribution < -0.4 is 5.32 Å². The maximum absolute atomic E-state index is 4.72. The van der Waals surface area contributed by atoms with Crippen LogP contribution >= 0.6 is 0 Å². The lowest BCUT2D eigenvalue weighted by Crippen LogP contribution is -2.40. The van der Waals surface area contributed by atoms with Crippen molar-refractivity contribution in [2.45, 2.75) is 39.5 Å². The molecule has 0 atom stereocenters. The van der Waals surface area contributed by atoms with E-state index in [2.05, 4.69) is 48.3 Å². The second-order valence-corrected chi connectivity index (χ2v) is 5.24. The molecule has 0 radical (unpaired) electrons. The van der Waals surface area contributed by atoms with E-state index in [0.717, 1.165) is 37.7 Å². The minimum absolute atomic E-state index is 0.894. The van der Waals surface area contributed by atoms with Gasteiger partial charge in [0.05, 0.1) is 0 Å². The summed E-state index contributed by atoms with van der Waals surface area (Å²) in [5.74, 6) is 1.05. The van der Waals surface area contributed by atoms with E-state index in [-0.39, 0.29) is 0 Å². The topological polar surface area (TPSA) is 27.6 Å². The number of rotatable bonds is 3. The standard InChI is InChI=1S/C16H25N3/c1-3-11-17-16(19-12-5-4-6-13-19)18-15-9-7-14(2)8-10-15/h7-10H,3-6,11-13H2,1-2H3,(H,17,18). The Hall–Kier alpha value is -1.51. The summed E-state index contributed by atoms with van der Waals surface area (Å²) in [6.45, 7) is 7.43. The molecule has 0 bridgehead atoms. The van der Waals surface area contributed by atoms with Gasteiger partial charge in [-0.1, -0.05) is 24.6 Å². The number of hydrogen-bond acceptors (Lipinski definition) is 1. The molecule has 0 aromatic heterocycles. The lowest BCUT2D eigenvalue weighted by Gasteiger charge is -2.30. The normalized spacial score (nSPS) is 16.5. The maximum Gasteiger partial charge on any atom is 0.198 e. The van der Waals surface area contributed by atoms with Crippen molar-refractivity contribution in [1.29, 1.82) is 0 Å². The molecular weight excluding hydrogens is 234 g/mol. The molecule has 0 aliphatic carbocycles. The third kappa shape index (κ3) is 4.27. The largest absolute Gasteiger partial charge is 0.343 e. The summed E-state index contributed by atoms with van der Waals surface area (Å²) < 4.78 is 0. The Labute approximate surface area is 116 Å². The molecule has 1 aliphatic rings. The molecule has 0 unspecified atom stereocenters. The van der Waals surface area contributed by atoms with Gasteiger partial charge in [-0.2, -0.15) is 0 Å². The van der Waals surface area contributed by atoms with Crippen molar-refractivity contribution in [2.24, 2.45) is 4.99 Å². The number of guanidine groups is 1. The van der Waals surface area contributed by atoms with Crippen LogP contribution in [0.15, 0.2) is 29.3 Å². The first-order chi connectivity index (χ1) is 9.29. The highest BCUT2D eigenvalue weighted by Gasteiger charge is 2.14. The Balaban J connectivity index is 2.06. The van der Waals surface area contributed by atoms with Crippen LogP contribution in [-0.4, -0.2) is 30.5 Å². The number of likely N-dealkylation sites (tertiary alicyclic amines) is 1. The van der Waals surface area contributed by atoms with Crippen molar-refractivity contribution >= 4 is 11.6 Å². The zero-order valence-corrected chi connectivity index (χ0v) is 12.2. The second kappa shape index (κ2) is 7.17. The Bertz CT molecular complexity index is 403. The molecule has 1 aromatic carbocycles. The monoisotopic (exact) mass is 259 g/mol. The van der Waals surface area contributed by atoms with Gasteiger partial charge < -0.3 is 10.2 Å². The molecule has 3 nitrogen and oxygen atoms in total. The summed E-state index contributed by atoms with van der Waals surface area (Å²) >= 11 is 0. The first kappa shape index (κ1) is 13.9. The van der Waals surface area contributed by atoms with Crippen LogP contribution in [0.5, 0.6) is 0 Å². The van der Waals surface area contributed by atoms with Gasteiger partial charge in [-0.05, 0) is 44.7 Å². The number of aryl methyl sites for hydroxylation is 1. The van der Waals surface area contributed by atoms with E-state index in [1.54, 1.807) is 0 Å². The van der Waals surface area contributed by atoms with E-state index >= 15 is 0 Å². The van der Waals surface area contributed by atoms with E-state index in [9.17, 15) is 0 Å². The summed E-state index contributed by atoms with van der Waals surface area (Å²) in [6.07, 6.45) is 5.00. The minimum Gasteiger partial charge on any atom is -0.343 e. The fourth-order valence-corrected chi connectivity index (χ4v) is 2.31. The Morgan fingerprint density at radius 2 is 1.84 bits per heavy atom. The van der Waals surface area contributed by atoms with Gasteiger partial charge in [-0.15, -0.1) is 0 Å². The van der Waals surface area contributed by atoms with Gasteiger partial charge in [0.15, 0.2) is 5.96 Å². The molecule has 0 amide bonds. The molecular formula is C16H25N3. The number of nitrogens with one attached hydrogen (secondary N) is 1. The molecule has 0 saturated carbocycles. The molecule has 1 heterocycles. The zero-order valence-electron chi connectivity index (χ0n) is 12.2. The first-order valence-electron chi connectivity index (χ1n) is 7.42. The molecule has 0 spiro atoms. The van der Waals surface area contributed by atoms with Gasteiger partial charge in [0.2, 0.25) is 0 Å². The van der Waals surface area contributed by atoms with Gasteiger partial charge in [0, 0.05) is 25.3 Å². The predicted octanol–water partition coefficient (Wildman–Crippen LogP) is 3.66. The molecule has 1 saturated heterocycles. The van der Waals surface area contributed by atoms with Crippen LogP contribution in [0.4, 0.5) is 5.69 Å². The van der Waals surface area contributed by atoms with Gasteiger partial charge >= 0.3 is 0 Å². The molecule has 19 heavy (non-hydrogen) atoms. The van der Waals surface area contributed by atoms with E-state index in [0.29, 0.717) is 0 Å². The van der Waals surface area contributed by atoms with E-state index in [4.69, 9.17) is 4.99 Å². The summed E-state index contributed by atoms with van der Waals surface area (Å²) in [5.41, 5.74) is 2.42. The Morgan fingerprint density at radius 1 is 1.16 bits per heavy atom. The molecule has 1 N–H and O–H groups in total. The third-order valence-electron chi connectivity index (χ3n) is 3.45. The number of benzene rings is 1. The average molecular weight is 259 g/mol. The SMILES string of the molecule is CCCN=C(Nc1ccc(C)cc1)N1CCCCC1. The lowest BCUT2D eigenvalue weighted by atomic mass is 10.1. The predicted molar refractivity (Wildman–Crippen MR) is 82.8 cm³/mol. The Kier molecular flexibility index (Phi) is 5.25. The van der Waals surface area contributed by atoms with Crippen LogP contribution in [0.1, 0.15) is 38.2 Å². The lowest BCUT2D eigenvalue weighted by molar-refractivity contribution is 0.340. The average Bonchev–Trinajstić information content (AvgIpc) is 2.46. The van der Waals surface area contributed by atoms with E-state index < -0.39 is 0 Å². The van der Waals surface area contributed by atoms with Crippen LogP contribution in [0.25, 0.3) is 0 Å². The number of piperidine rings is 1. The van der Waals surface area contributed by atoms with Crippen molar-refractivity contribution in [3.8, 4) is 0 Å². The zero-order chi connectivity index (χ0) is 13.5. The minimum atomic E-state index is 0.894. The van der Waals surface area contributed by atoms with Crippen LogP contribution in [0, 0.1) is 6.92 Å². The van der Waals surface area contributed by atoms with Crippen molar-refractivity contribution in [2.75, 3.05) is 25.0 Å². The Morgan fingerprint density at radius 3 is 2.47 bits per heavy atom. The summed E-state index contributed by atoms with van der Waals surface area (Å²) in [7, 11) is 0. The van der Waals surface area contributed by atoms with Crippen molar-refractivity contribution < 1.29 is 0 Å². The first-order valence-corrected chi connectivity index (χ1v) is 7.42. The van der Waals surface area contributed by atoms with Gasteiger partial charge in [-0.25, -0.2) is 0 Å². The number of hydrogen-bond donors (Lipinski definition) is 1. The van der Waals surface area contributed by atoms with Gasteiger partial charge in [0.25, 0.3) is 0 Å². The fourth-order valence-electron chi connectivity index (χ4n) is 2.31. The highest BCUT2D eigenvalue weighted by molar-refractivity contribution is 5.93. The quantitative estimate of drug-likeness (QED) is 0.662. The van der Waals surface area contributed by atoms with Crippen molar-refractivity contribution in [3.05, 3.63) is 29.8 Å². The van der Waals surface area contributed by atoms with Gasteiger partial charge in [-0.3, -0.25) is 4.99 Å². The summed E-state index contributed by atoms with van der Waals surface area (Å²) in [4.78, 5) is 7.10. The third-order valence-corrected chi connectivity index (χ3v) is 3.45. The summed E-state index contributed by atoms with van der Waals surface area (Å²) in [5, 5.41) is 3.49. The highest BCUT2D eigenvalue weighted by atomic mass is 15.3. The number of aliphatic imine (C=N–C) groups is 1. The van der Waals surface area contributed by atoms with E-state index in [1.165, 1.54) is 24.8 Å². The molecule has 1 aromatic rings. The second-order valence-electron chi connectivity index (χ2n) is 5.24. The van der Waals surface area contributed by atoms with Crippen molar-refractivity contribution in [1.82, 2.24) is 4.90 Å². The molecule has 3 heteroatoms. The van der Waals surface area contributed by atoms with Crippen LogP contribution in [0.3, 0.4) is 0 Å². The number of anilines is 1. The molecule has 2 rings (SSSR count). The van der Waals surface area contributed by atoms with E-state index in [1.807, 2.05) is 0 Å². The molecule has 1 aliphatic heterocycles. The summed E-state index contributed by atoms with van der Waals surface area (Å²) in [6, 6.07) is 8.52. The number of nitrogens with zero attached hydrogens (tertiary/aromatic N) is 2. The maximum atomic E-state index is 4.72. The fraction of sp³-hybridized carbons (Fsp3) is 0.562.